The van der Waals surface area contributed by atoms with Gasteiger partial charge >= 0.3 is 0 Å². The number of carbonyl (C=O) groups is 1. The number of rotatable bonds is 3. The number of sulfonamides is 1. The summed E-state index contributed by atoms with van der Waals surface area (Å²) < 4.78 is 26.6. The van der Waals surface area contributed by atoms with Crippen LogP contribution in [-0.2, 0) is 10.0 Å². The van der Waals surface area contributed by atoms with Gasteiger partial charge in [0.1, 0.15) is 0 Å². The predicted molar refractivity (Wildman–Crippen MR) is 94.8 cm³/mol. The van der Waals surface area contributed by atoms with Crippen molar-refractivity contribution in [2.24, 2.45) is 0 Å². The van der Waals surface area contributed by atoms with Gasteiger partial charge in [0.25, 0.3) is 5.91 Å². The molecule has 24 heavy (non-hydrogen) atoms. The van der Waals surface area contributed by atoms with Crippen LogP contribution < -0.4 is 0 Å². The number of thiol groups is 1. The maximum absolute atomic E-state index is 12.6. The van der Waals surface area contributed by atoms with E-state index in [1.165, 1.54) is 4.31 Å². The van der Waals surface area contributed by atoms with E-state index in [4.69, 9.17) is 0 Å². The Morgan fingerprint density at radius 1 is 0.875 bits per heavy atom. The summed E-state index contributed by atoms with van der Waals surface area (Å²) in [5, 5.41) is 0. The lowest BCUT2D eigenvalue weighted by atomic mass is 10.2. The van der Waals surface area contributed by atoms with E-state index in [2.05, 4.69) is 12.6 Å². The van der Waals surface area contributed by atoms with E-state index in [9.17, 15) is 13.2 Å². The monoisotopic (exact) mass is 362 g/mol. The first-order valence-electron chi connectivity index (χ1n) is 7.62. The van der Waals surface area contributed by atoms with E-state index in [1.807, 2.05) is 6.07 Å². The van der Waals surface area contributed by atoms with Gasteiger partial charge in [-0.1, -0.05) is 30.3 Å². The highest BCUT2D eigenvalue weighted by molar-refractivity contribution is 7.89. The maximum Gasteiger partial charge on any atom is 0.255 e. The van der Waals surface area contributed by atoms with Crippen molar-refractivity contribution in [1.82, 2.24) is 9.21 Å². The van der Waals surface area contributed by atoms with Gasteiger partial charge in [0, 0.05) is 31.1 Å². The second kappa shape index (κ2) is 6.96. The van der Waals surface area contributed by atoms with Crippen LogP contribution in [0.2, 0.25) is 0 Å². The first kappa shape index (κ1) is 17.0. The van der Waals surface area contributed by atoms with Gasteiger partial charge in [0.2, 0.25) is 10.0 Å². The van der Waals surface area contributed by atoms with E-state index in [1.54, 1.807) is 53.4 Å². The molecule has 1 amide bonds. The first-order valence-corrected chi connectivity index (χ1v) is 9.51. The third kappa shape index (κ3) is 3.33. The van der Waals surface area contributed by atoms with E-state index >= 15 is 0 Å². The van der Waals surface area contributed by atoms with Crippen molar-refractivity contribution in [3.05, 3.63) is 60.2 Å². The average Bonchev–Trinajstić information content (AvgIpc) is 2.62. The van der Waals surface area contributed by atoms with Crippen molar-refractivity contribution in [1.29, 1.82) is 0 Å². The zero-order valence-electron chi connectivity index (χ0n) is 13.0. The van der Waals surface area contributed by atoms with Gasteiger partial charge in [-0.15, -0.1) is 12.6 Å². The Morgan fingerprint density at radius 3 is 2.08 bits per heavy atom. The fraction of sp³-hybridized carbons (Fsp3) is 0.235. The van der Waals surface area contributed by atoms with Crippen molar-refractivity contribution in [3.63, 3.8) is 0 Å². The van der Waals surface area contributed by atoms with Crippen LogP contribution in [0.25, 0.3) is 0 Å². The van der Waals surface area contributed by atoms with Gasteiger partial charge in [0.15, 0.2) is 0 Å². The summed E-state index contributed by atoms with van der Waals surface area (Å²) in [6.45, 7) is 1.31. The Balaban J connectivity index is 1.70. The zero-order chi connectivity index (χ0) is 17.2. The van der Waals surface area contributed by atoms with Crippen LogP contribution in [-0.4, -0.2) is 49.7 Å². The molecule has 3 rings (SSSR count). The zero-order valence-corrected chi connectivity index (χ0v) is 14.7. The van der Waals surface area contributed by atoms with Gasteiger partial charge in [-0.3, -0.25) is 4.79 Å². The van der Waals surface area contributed by atoms with Crippen molar-refractivity contribution < 1.29 is 13.2 Å². The Bertz CT molecular complexity index is 830. The highest BCUT2D eigenvalue weighted by atomic mass is 32.2. The van der Waals surface area contributed by atoms with Crippen LogP contribution in [0.4, 0.5) is 0 Å². The summed E-state index contributed by atoms with van der Waals surface area (Å²) in [5.74, 6) is -0.114. The van der Waals surface area contributed by atoms with Crippen molar-refractivity contribution in [2.75, 3.05) is 26.2 Å². The summed E-state index contributed by atoms with van der Waals surface area (Å²) in [4.78, 5) is 15.1. The molecule has 1 fully saturated rings. The molecule has 0 saturated carbocycles. The number of benzene rings is 2. The molecule has 0 aromatic heterocycles. The van der Waals surface area contributed by atoms with Crippen LogP contribution in [0, 0.1) is 0 Å². The Kier molecular flexibility index (Phi) is 4.93. The lowest BCUT2D eigenvalue weighted by Crippen LogP contribution is -2.50. The van der Waals surface area contributed by atoms with Gasteiger partial charge in [-0.25, -0.2) is 8.42 Å². The molecule has 0 spiro atoms. The van der Waals surface area contributed by atoms with E-state index in [0.717, 1.165) is 0 Å². The fourth-order valence-electron chi connectivity index (χ4n) is 2.70. The van der Waals surface area contributed by atoms with Gasteiger partial charge < -0.3 is 4.90 Å². The van der Waals surface area contributed by atoms with E-state index in [0.29, 0.717) is 23.5 Å². The molecule has 0 bridgehead atoms. The molecular weight excluding hydrogens is 344 g/mol. The Labute approximate surface area is 147 Å². The van der Waals surface area contributed by atoms with E-state index < -0.39 is 10.0 Å². The molecule has 0 atom stereocenters. The van der Waals surface area contributed by atoms with Crippen LogP contribution in [0.3, 0.4) is 0 Å². The molecule has 126 valence electrons. The Morgan fingerprint density at radius 2 is 1.46 bits per heavy atom. The second-order valence-electron chi connectivity index (χ2n) is 5.53. The molecule has 0 unspecified atom stereocenters. The predicted octanol–water partition coefficient (Wildman–Crippen LogP) is 2.12. The normalized spacial score (nSPS) is 16.1. The van der Waals surface area contributed by atoms with Crippen LogP contribution >= 0.6 is 12.6 Å². The highest BCUT2D eigenvalue weighted by Crippen LogP contribution is 2.20. The fourth-order valence-corrected chi connectivity index (χ4v) is 4.40. The molecule has 1 aliphatic rings. The summed E-state index contributed by atoms with van der Waals surface area (Å²) in [6, 6.07) is 15.5. The lowest BCUT2D eigenvalue weighted by molar-refractivity contribution is 0.0694. The smallest absolute Gasteiger partial charge is 0.255 e. The minimum Gasteiger partial charge on any atom is -0.336 e. The van der Waals surface area contributed by atoms with Crippen LogP contribution in [0.5, 0.6) is 0 Å². The third-order valence-electron chi connectivity index (χ3n) is 4.04. The standard InChI is InChI=1S/C17H18N2O3S2/c20-17(15-8-4-5-9-16(15)23)18-10-12-19(13-11-18)24(21,22)14-6-2-1-3-7-14/h1-9,23H,10-13H2. The van der Waals surface area contributed by atoms with E-state index in [-0.39, 0.29) is 23.9 Å². The number of hydrogen-bond acceptors (Lipinski definition) is 4. The number of carbonyl (C=O) groups excluding carboxylic acids is 1. The summed E-state index contributed by atoms with van der Waals surface area (Å²) in [5.41, 5.74) is 0.542. The van der Waals surface area contributed by atoms with Gasteiger partial charge in [0.05, 0.1) is 10.5 Å². The molecule has 0 N–H and O–H groups in total. The first-order chi connectivity index (χ1) is 11.5. The molecule has 1 aliphatic heterocycles. The number of amides is 1. The summed E-state index contributed by atoms with van der Waals surface area (Å²) >= 11 is 4.31. The van der Waals surface area contributed by atoms with Gasteiger partial charge in [-0.2, -0.15) is 4.31 Å². The Hall–Kier alpha value is -1.83. The molecular formula is C17H18N2O3S2. The number of piperazine rings is 1. The van der Waals surface area contributed by atoms with Gasteiger partial charge in [-0.05, 0) is 24.3 Å². The molecule has 2 aromatic carbocycles. The third-order valence-corrected chi connectivity index (χ3v) is 6.34. The SMILES string of the molecule is O=C(c1ccccc1S)N1CCN(S(=O)(=O)c2ccccc2)CC1. The number of hydrogen-bond donors (Lipinski definition) is 1. The maximum atomic E-state index is 12.6. The molecule has 1 heterocycles. The van der Waals surface area contributed by atoms with Crippen molar-refractivity contribution in [3.8, 4) is 0 Å². The molecule has 0 radical (unpaired) electrons. The largest absolute Gasteiger partial charge is 0.336 e. The van der Waals surface area contributed by atoms with Crippen molar-refractivity contribution in [2.45, 2.75) is 9.79 Å². The molecule has 1 saturated heterocycles. The average molecular weight is 362 g/mol. The second-order valence-corrected chi connectivity index (χ2v) is 7.95. The van der Waals surface area contributed by atoms with Crippen LogP contribution in [0.1, 0.15) is 10.4 Å². The van der Waals surface area contributed by atoms with Crippen molar-refractivity contribution >= 4 is 28.6 Å². The summed E-state index contributed by atoms with van der Waals surface area (Å²) in [7, 11) is -3.50. The topological polar surface area (TPSA) is 57.7 Å². The molecule has 0 aliphatic carbocycles. The number of nitrogens with zero attached hydrogens (tertiary/aromatic N) is 2. The summed E-state index contributed by atoms with van der Waals surface area (Å²) in [6.07, 6.45) is 0. The minimum atomic E-state index is -3.50. The quantitative estimate of drug-likeness (QED) is 0.851. The molecule has 7 heteroatoms. The minimum absolute atomic E-state index is 0.114. The molecule has 2 aromatic rings. The molecule has 5 nitrogen and oxygen atoms in total. The highest BCUT2D eigenvalue weighted by Gasteiger charge is 2.30. The lowest BCUT2D eigenvalue weighted by Gasteiger charge is -2.34. The van der Waals surface area contributed by atoms with Crippen LogP contribution in [0.15, 0.2) is 64.4 Å².